The lowest BCUT2D eigenvalue weighted by atomic mass is 9.89. The van der Waals surface area contributed by atoms with E-state index in [-0.39, 0.29) is 29.6 Å². The van der Waals surface area contributed by atoms with Gasteiger partial charge in [0.2, 0.25) is 0 Å². The van der Waals surface area contributed by atoms with Crippen LogP contribution >= 0.6 is 0 Å². The van der Waals surface area contributed by atoms with Crippen molar-refractivity contribution in [2.24, 2.45) is 5.92 Å². The second-order valence-corrected chi connectivity index (χ2v) is 10.8. The van der Waals surface area contributed by atoms with E-state index in [9.17, 15) is 14.4 Å². The number of carbonyl (C=O) groups is 2. The largest absolute Gasteiger partial charge is 0.496 e. The van der Waals surface area contributed by atoms with E-state index in [0.29, 0.717) is 30.1 Å². The van der Waals surface area contributed by atoms with E-state index in [2.05, 4.69) is 34.4 Å². The number of H-pyrrole nitrogens is 1. The van der Waals surface area contributed by atoms with Gasteiger partial charge < -0.3 is 24.0 Å². The molecular weight excluding hydrogens is 478 g/mol. The Hall–Kier alpha value is -3.19. The number of likely N-dealkylation sites (tertiary alicyclic amines) is 1. The zero-order valence-corrected chi connectivity index (χ0v) is 23.4. The van der Waals surface area contributed by atoms with Crippen molar-refractivity contribution in [2.75, 3.05) is 26.7 Å². The van der Waals surface area contributed by atoms with E-state index in [4.69, 9.17) is 4.74 Å². The fourth-order valence-electron chi connectivity index (χ4n) is 6.16. The van der Waals surface area contributed by atoms with Crippen molar-refractivity contribution in [3.63, 3.8) is 0 Å². The molecule has 1 fully saturated rings. The van der Waals surface area contributed by atoms with Gasteiger partial charge in [0, 0.05) is 46.7 Å². The third-order valence-corrected chi connectivity index (χ3v) is 8.21. The van der Waals surface area contributed by atoms with Gasteiger partial charge in [-0.1, -0.05) is 18.2 Å². The fraction of sp³-hybridized carbons (Fsp3) is 0.516. The predicted molar refractivity (Wildman–Crippen MR) is 151 cm³/mol. The van der Waals surface area contributed by atoms with Crippen molar-refractivity contribution in [1.29, 1.82) is 0 Å². The normalized spacial score (nSPS) is 15.6. The Morgan fingerprint density at radius 1 is 1.13 bits per heavy atom. The highest BCUT2D eigenvalue weighted by Crippen LogP contribution is 2.36. The van der Waals surface area contributed by atoms with E-state index in [1.165, 1.54) is 0 Å². The molecule has 0 aliphatic carbocycles. The Kier molecular flexibility index (Phi) is 8.87. The van der Waals surface area contributed by atoms with E-state index >= 15 is 0 Å². The third-order valence-electron chi connectivity index (χ3n) is 8.21. The summed E-state index contributed by atoms with van der Waals surface area (Å²) in [5, 5.41) is 0.980. The van der Waals surface area contributed by atoms with Crippen LogP contribution in [0.25, 0.3) is 10.9 Å². The van der Waals surface area contributed by atoms with Crippen LogP contribution in [-0.4, -0.2) is 52.8 Å². The smallest absolute Gasteiger partial charge is 0.255 e. The van der Waals surface area contributed by atoms with Crippen LogP contribution in [0.5, 0.6) is 5.75 Å². The van der Waals surface area contributed by atoms with Crippen molar-refractivity contribution in [2.45, 2.75) is 72.3 Å². The van der Waals surface area contributed by atoms with Gasteiger partial charge in [-0.15, -0.1) is 0 Å². The first-order valence-corrected chi connectivity index (χ1v) is 13.8. The summed E-state index contributed by atoms with van der Waals surface area (Å²) in [4.78, 5) is 42.8. The number of methoxy groups -OCH3 is 1. The molecule has 7 nitrogen and oxygen atoms in total. The number of aromatic amines is 1. The van der Waals surface area contributed by atoms with Gasteiger partial charge in [-0.25, -0.2) is 0 Å². The van der Waals surface area contributed by atoms with Crippen LogP contribution in [-0.2, 0) is 11.2 Å². The Labute approximate surface area is 225 Å². The molecule has 38 heavy (non-hydrogen) atoms. The summed E-state index contributed by atoms with van der Waals surface area (Å²) in [6, 6.07) is 10.2. The fourth-order valence-corrected chi connectivity index (χ4v) is 6.16. The first-order valence-electron chi connectivity index (χ1n) is 13.8. The molecule has 7 heteroatoms. The highest BCUT2D eigenvalue weighted by molar-refractivity contribution is 6.09. The summed E-state index contributed by atoms with van der Waals surface area (Å²) in [5.41, 5.74) is 3.90. The minimum absolute atomic E-state index is 0.0481. The van der Waals surface area contributed by atoms with E-state index in [1.54, 1.807) is 20.1 Å². The van der Waals surface area contributed by atoms with Crippen molar-refractivity contribution >= 4 is 22.5 Å². The number of para-hydroxylation sites is 1. The van der Waals surface area contributed by atoms with Crippen molar-refractivity contribution in [3.8, 4) is 5.75 Å². The van der Waals surface area contributed by atoms with Crippen molar-refractivity contribution in [1.82, 2.24) is 14.5 Å². The van der Waals surface area contributed by atoms with Crippen LogP contribution < -0.4 is 10.3 Å². The second kappa shape index (κ2) is 12.1. The summed E-state index contributed by atoms with van der Waals surface area (Å²) in [5.74, 6) is 1.36. The zero-order valence-electron chi connectivity index (χ0n) is 23.4. The van der Waals surface area contributed by atoms with E-state index < -0.39 is 0 Å². The molecule has 4 rings (SSSR count). The molecule has 1 aromatic carbocycles. The van der Waals surface area contributed by atoms with Crippen LogP contribution in [0.15, 0.2) is 35.1 Å². The molecule has 0 spiro atoms. The van der Waals surface area contributed by atoms with Crippen molar-refractivity contribution < 1.29 is 14.3 Å². The Morgan fingerprint density at radius 3 is 2.53 bits per heavy atom. The van der Waals surface area contributed by atoms with Gasteiger partial charge in [-0.3, -0.25) is 9.59 Å². The molecule has 0 amide bonds. The number of rotatable bonds is 11. The Bertz CT molecular complexity index is 1360. The highest BCUT2D eigenvalue weighted by Gasteiger charge is 2.29. The third kappa shape index (κ3) is 5.93. The highest BCUT2D eigenvalue weighted by atomic mass is 16.5. The summed E-state index contributed by atoms with van der Waals surface area (Å²) >= 11 is 0. The number of aryl methyl sites for hydroxylation is 1. The lowest BCUT2D eigenvalue weighted by Crippen LogP contribution is -2.37. The summed E-state index contributed by atoms with van der Waals surface area (Å²) < 4.78 is 7.79. The summed E-state index contributed by atoms with van der Waals surface area (Å²) in [7, 11) is 1.55. The van der Waals surface area contributed by atoms with Gasteiger partial charge in [0.1, 0.15) is 11.5 Å². The molecule has 2 aromatic heterocycles. The Balaban J connectivity index is 1.53. The zero-order chi connectivity index (χ0) is 27.4. The average molecular weight is 520 g/mol. The van der Waals surface area contributed by atoms with Gasteiger partial charge in [0.05, 0.1) is 12.7 Å². The van der Waals surface area contributed by atoms with E-state index in [0.717, 1.165) is 66.8 Å². The number of nitrogens with one attached hydrogen (secondary N) is 1. The van der Waals surface area contributed by atoms with Crippen molar-refractivity contribution in [3.05, 3.63) is 63.2 Å². The number of benzene rings is 1. The summed E-state index contributed by atoms with van der Waals surface area (Å²) in [6.07, 6.45) is 4.37. The topological polar surface area (TPSA) is 84.4 Å². The van der Waals surface area contributed by atoms with Gasteiger partial charge in [-0.05, 0) is 91.1 Å². The molecule has 0 unspecified atom stereocenters. The number of hydrogen-bond acceptors (Lipinski definition) is 5. The molecule has 0 saturated carbocycles. The molecule has 1 atom stereocenters. The maximum Gasteiger partial charge on any atom is 0.255 e. The standard InChI is InChI=1S/C31H41N3O4/c1-20-19-29(38-5)26(31(37)32-20)12-13-28(36)30-23(4)34(27-11-7-6-10-25(27)30)22(3)24-14-17-33(18-15-24)16-8-9-21(2)35/h6-7,10-11,19,22,24H,8-9,12-18H2,1-5H3,(H,32,37)/t22-/m1/s1. The average Bonchev–Trinajstić information content (AvgIpc) is 3.19. The quantitative estimate of drug-likeness (QED) is 0.342. The van der Waals surface area contributed by atoms with Crippen LogP contribution in [0.3, 0.4) is 0 Å². The monoisotopic (exact) mass is 519 g/mol. The van der Waals surface area contributed by atoms with Gasteiger partial charge in [-0.2, -0.15) is 0 Å². The number of aromatic nitrogens is 2. The van der Waals surface area contributed by atoms with Crippen LogP contribution in [0.2, 0.25) is 0 Å². The predicted octanol–water partition coefficient (Wildman–Crippen LogP) is 5.41. The molecule has 1 aliphatic heterocycles. The minimum atomic E-state index is -0.199. The van der Waals surface area contributed by atoms with Gasteiger partial charge in [0.15, 0.2) is 5.78 Å². The minimum Gasteiger partial charge on any atom is -0.496 e. The molecule has 0 bridgehead atoms. The SMILES string of the molecule is COc1cc(C)[nH]c(=O)c1CCC(=O)c1c(C)n([C@H](C)C2CCN(CCCC(C)=O)CC2)c2ccccc12. The number of carbonyl (C=O) groups excluding carboxylic acids is 2. The van der Waals surface area contributed by atoms with Crippen LogP contribution in [0.1, 0.15) is 79.3 Å². The number of ketones is 2. The first kappa shape index (κ1) is 27.8. The molecule has 1 aliphatic rings. The molecule has 3 aromatic rings. The molecule has 1 N–H and O–H groups in total. The van der Waals surface area contributed by atoms with Gasteiger partial charge in [0.25, 0.3) is 5.56 Å². The second-order valence-electron chi connectivity index (χ2n) is 10.8. The molecule has 3 heterocycles. The number of pyridine rings is 1. The maximum absolute atomic E-state index is 13.6. The lowest BCUT2D eigenvalue weighted by Gasteiger charge is -2.36. The molecular formula is C31H41N3O4. The number of hydrogen-bond donors (Lipinski definition) is 1. The number of nitrogens with zero attached hydrogens (tertiary/aromatic N) is 2. The lowest BCUT2D eigenvalue weighted by molar-refractivity contribution is -0.117. The van der Waals surface area contributed by atoms with Gasteiger partial charge >= 0.3 is 0 Å². The van der Waals surface area contributed by atoms with E-state index in [1.807, 2.05) is 25.1 Å². The van der Waals surface area contributed by atoms with Crippen LogP contribution in [0, 0.1) is 19.8 Å². The molecule has 0 radical (unpaired) electrons. The first-order chi connectivity index (χ1) is 18.2. The number of ether oxygens (including phenoxy) is 1. The Morgan fingerprint density at radius 2 is 1.84 bits per heavy atom. The van der Waals surface area contributed by atoms with Crippen LogP contribution in [0.4, 0.5) is 0 Å². The number of piperidine rings is 1. The maximum atomic E-state index is 13.6. The number of fused-ring (bicyclic) bond motifs is 1. The molecule has 1 saturated heterocycles. The summed E-state index contributed by atoms with van der Waals surface area (Å²) in [6.45, 7) is 10.9. The number of Topliss-reactive ketones (excluding diaryl/α,β-unsaturated/α-hetero) is 2. The molecule has 204 valence electrons.